The van der Waals surface area contributed by atoms with Crippen LogP contribution < -0.4 is 5.73 Å². The first kappa shape index (κ1) is 15.2. The maximum atomic E-state index is 5.95. The molecule has 2 rings (SSSR count). The lowest BCUT2D eigenvalue weighted by atomic mass is 10.1. The summed E-state index contributed by atoms with van der Waals surface area (Å²) in [5.41, 5.74) is 9.66. The highest BCUT2D eigenvalue weighted by Gasteiger charge is 2.16. The van der Waals surface area contributed by atoms with Crippen LogP contribution in [0.4, 0.5) is 0 Å². The number of rotatable bonds is 5. The lowest BCUT2D eigenvalue weighted by Crippen LogP contribution is -2.30. The van der Waals surface area contributed by atoms with E-state index in [0.717, 1.165) is 16.6 Å². The number of aryl methyl sites for hydroxylation is 1. The second kappa shape index (κ2) is 6.97. The third-order valence-electron chi connectivity index (χ3n) is 3.42. The predicted molar refractivity (Wildman–Crippen MR) is 86.4 cm³/mol. The van der Waals surface area contributed by atoms with Gasteiger partial charge in [-0.1, -0.05) is 29.8 Å². The van der Waals surface area contributed by atoms with Gasteiger partial charge in [-0.05, 0) is 47.1 Å². The molecule has 3 nitrogen and oxygen atoms in total. The topological polar surface area (TPSA) is 42.1 Å². The van der Waals surface area contributed by atoms with Gasteiger partial charge >= 0.3 is 0 Å². The summed E-state index contributed by atoms with van der Waals surface area (Å²) in [4.78, 5) is 6.48. The van der Waals surface area contributed by atoms with E-state index in [1.165, 1.54) is 11.1 Å². The molecule has 0 amide bonds. The molecular weight excluding hydrogens is 314 g/mol. The van der Waals surface area contributed by atoms with Gasteiger partial charge in [-0.2, -0.15) is 0 Å². The number of likely N-dealkylation sites (N-methyl/N-ethyl adjacent to an activating group) is 1. The quantitative estimate of drug-likeness (QED) is 0.912. The Morgan fingerprint density at radius 3 is 2.55 bits per heavy atom. The molecule has 0 spiro atoms. The van der Waals surface area contributed by atoms with Crippen molar-refractivity contribution >= 4 is 15.9 Å². The van der Waals surface area contributed by atoms with Crippen LogP contribution in [0.1, 0.15) is 22.7 Å². The van der Waals surface area contributed by atoms with E-state index in [9.17, 15) is 0 Å². The van der Waals surface area contributed by atoms with Gasteiger partial charge in [-0.3, -0.25) is 9.88 Å². The molecule has 0 bridgehead atoms. The molecule has 0 saturated heterocycles. The first-order valence-corrected chi connectivity index (χ1v) is 7.45. The Morgan fingerprint density at radius 1 is 1.25 bits per heavy atom. The summed E-state index contributed by atoms with van der Waals surface area (Å²) in [5, 5.41) is 0. The molecule has 4 heteroatoms. The fraction of sp³-hybridized carbons (Fsp3) is 0.312. The minimum Gasteiger partial charge on any atom is -0.329 e. The van der Waals surface area contributed by atoms with Gasteiger partial charge in [-0.15, -0.1) is 0 Å². The third-order valence-corrected chi connectivity index (χ3v) is 3.85. The van der Waals surface area contributed by atoms with Gasteiger partial charge in [0.05, 0.1) is 0 Å². The van der Waals surface area contributed by atoms with Gasteiger partial charge in [0.15, 0.2) is 0 Å². The highest BCUT2D eigenvalue weighted by molar-refractivity contribution is 9.10. The second-order valence-electron chi connectivity index (χ2n) is 5.09. The fourth-order valence-electron chi connectivity index (χ4n) is 2.27. The molecule has 1 atom stereocenters. The van der Waals surface area contributed by atoms with Crippen LogP contribution in [0.15, 0.2) is 47.2 Å². The summed E-state index contributed by atoms with van der Waals surface area (Å²) in [6, 6.07) is 10.9. The average Bonchev–Trinajstić information content (AvgIpc) is 2.42. The number of benzene rings is 1. The SMILES string of the molecule is Cc1ccc(CN(C)C(CN)c2cncc(Br)c2)cc1. The van der Waals surface area contributed by atoms with Crippen LogP contribution in [0.25, 0.3) is 0 Å². The van der Waals surface area contributed by atoms with Gasteiger partial charge in [0.25, 0.3) is 0 Å². The van der Waals surface area contributed by atoms with E-state index in [2.05, 4.69) is 70.1 Å². The molecule has 0 aliphatic carbocycles. The van der Waals surface area contributed by atoms with Crippen LogP contribution in [-0.4, -0.2) is 23.5 Å². The molecule has 0 saturated carbocycles. The summed E-state index contributed by atoms with van der Waals surface area (Å²) in [6.45, 7) is 3.54. The Balaban J connectivity index is 2.13. The molecule has 106 valence electrons. The van der Waals surface area contributed by atoms with Gasteiger partial charge in [0.2, 0.25) is 0 Å². The second-order valence-corrected chi connectivity index (χ2v) is 6.00. The number of hydrogen-bond donors (Lipinski definition) is 1. The number of nitrogens with two attached hydrogens (primary N) is 1. The van der Waals surface area contributed by atoms with Crippen molar-refractivity contribution in [2.45, 2.75) is 19.5 Å². The first-order chi connectivity index (χ1) is 9.60. The molecular formula is C16H20BrN3. The number of pyridine rings is 1. The summed E-state index contributed by atoms with van der Waals surface area (Å²) >= 11 is 3.46. The van der Waals surface area contributed by atoms with E-state index in [0.29, 0.717) is 6.54 Å². The van der Waals surface area contributed by atoms with E-state index >= 15 is 0 Å². The smallest absolute Gasteiger partial charge is 0.0486 e. The minimum atomic E-state index is 0.168. The van der Waals surface area contributed by atoms with Crippen molar-refractivity contribution < 1.29 is 0 Å². The van der Waals surface area contributed by atoms with E-state index in [4.69, 9.17) is 5.73 Å². The molecule has 1 heterocycles. The molecule has 1 unspecified atom stereocenters. The van der Waals surface area contributed by atoms with E-state index in [-0.39, 0.29) is 6.04 Å². The van der Waals surface area contributed by atoms with Gasteiger partial charge in [0, 0.05) is 36.0 Å². The normalized spacial score (nSPS) is 12.7. The number of halogens is 1. The highest BCUT2D eigenvalue weighted by atomic mass is 79.9. The molecule has 20 heavy (non-hydrogen) atoms. The Hall–Kier alpha value is -1.23. The van der Waals surface area contributed by atoms with Crippen LogP contribution in [0.5, 0.6) is 0 Å². The highest BCUT2D eigenvalue weighted by Crippen LogP contribution is 2.22. The van der Waals surface area contributed by atoms with Gasteiger partial charge < -0.3 is 5.73 Å². The summed E-state index contributed by atoms with van der Waals surface area (Å²) < 4.78 is 0.984. The molecule has 2 aromatic rings. The number of aromatic nitrogens is 1. The average molecular weight is 334 g/mol. The van der Waals surface area contributed by atoms with Crippen LogP contribution in [0.3, 0.4) is 0 Å². The van der Waals surface area contributed by atoms with Crippen molar-refractivity contribution in [3.8, 4) is 0 Å². The minimum absolute atomic E-state index is 0.168. The summed E-state index contributed by atoms with van der Waals surface area (Å²) in [5.74, 6) is 0. The predicted octanol–water partition coefficient (Wildman–Crippen LogP) is 3.28. The lowest BCUT2D eigenvalue weighted by molar-refractivity contribution is 0.241. The van der Waals surface area contributed by atoms with Crippen LogP contribution >= 0.6 is 15.9 Å². The Kier molecular flexibility index (Phi) is 5.29. The molecule has 1 aromatic heterocycles. The maximum absolute atomic E-state index is 5.95. The third kappa shape index (κ3) is 3.88. The number of nitrogens with zero attached hydrogens (tertiary/aromatic N) is 2. The van der Waals surface area contributed by atoms with Crippen LogP contribution in [-0.2, 0) is 6.54 Å². The molecule has 0 aliphatic rings. The van der Waals surface area contributed by atoms with Crippen molar-refractivity contribution in [1.82, 2.24) is 9.88 Å². The summed E-state index contributed by atoms with van der Waals surface area (Å²) in [7, 11) is 2.10. The van der Waals surface area contributed by atoms with E-state index in [1.54, 1.807) is 6.20 Å². The van der Waals surface area contributed by atoms with E-state index < -0.39 is 0 Å². The molecule has 2 N–H and O–H groups in total. The van der Waals surface area contributed by atoms with Crippen molar-refractivity contribution in [3.05, 3.63) is 63.9 Å². The van der Waals surface area contributed by atoms with E-state index in [1.807, 2.05) is 6.20 Å². The maximum Gasteiger partial charge on any atom is 0.0486 e. The van der Waals surface area contributed by atoms with Gasteiger partial charge in [0.1, 0.15) is 0 Å². The number of hydrogen-bond acceptors (Lipinski definition) is 3. The Bertz CT molecular complexity index is 554. The fourth-order valence-corrected chi connectivity index (χ4v) is 2.66. The monoisotopic (exact) mass is 333 g/mol. The molecule has 0 radical (unpaired) electrons. The molecule has 1 aromatic carbocycles. The van der Waals surface area contributed by atoms with Crippen LogP contribution in [0.2, 0.25) is 0 Å². The zero-order valence-electron chi connectivity index (χ0n) is 11.9. The largest absolute Gasteiger partial charge is 0.329 e. The van der Waals surface area contributed by atoms with Crippen molar-refractivity contribution in [1.29, 1.82) is 0 Å². The van der Waals surface area contributed by atoms with Crippen molar-refractivity contribution in [3.63, 3.8) is 0 Å². The lowest BCUT2D eigenvalue weighted by Gasteiger charge is -2.27. The summed E-state index contributed by atoms with van der Waals surface area (Å²) in [6.07, 6.45) is 3.67. The van der Waals surface area contributed by atoms with Crippen LogP contribution in [0, 0.1) is 6.92 Å². The Labute approximate surface area is 129 Å². The standard InChI is InChI=1S/C16H20BrN3/c1-12-3-5-13(6-4-12)11-20(2)16(8-18)14-7-15(17)10-19-9-14/h3-7,9-10,16H,8,11,18H2,1-2H3. The van der Waals surface area contributed by atoms with Crippen molar-refractivity contribution in [2.24, 2.45) is 5.73 Å². The first-order valence-electron chi connectivity index (χ1n) is 6.66. The molecule has 0 aliphatic heterocycles. The van der Waals surface area contributed by atoms with Crippen molar-refractivity contribution in [2.75, 3.05) is 13.6 Å². The zero-order valence-corrected chi connectivity index (χ0v) is 13.5. The van der Waals surface area contributed by atoms with Gasteiger partial charge in [-0.25, -0.2) is 0 Å². The Morgan fingerprint density at radius 2 is 1.95 bits per heavy atom. The zero-order chi connectivity index (χ0) is 14.5. The molecule has 0 fully saturated rings.